The first-order valence-electron chi connectivity index (χ1n) is 12.0. The molecule has 33 heavy (non-hydrogen) atoms. The maximum atomic E-state index is 13.1. The Morgan fingerprint density at radius 3 is 2.48 bits per heavy atom. The molecule has 4 aromatic rings. The van der Waals surface area contributed by atoms with Crippen LogP contribution in [0.15, 0.2) is 45.7 Å². The van der Waals surface area contributed by atoms with Crippen molar-refractivity contribution in [2.24, 2.45) is 5.92 Å². The summed E-state index contributed by atoms with van der Waals surface area (Å²) in [5.41, 5.74) is 4.10. The second-order valence-electron chi connectivity index (χ2n) is 9.48. The molecule has 1 saturated heterocycles. The van der Waals surface area contributed by atoms with Crippen molar-refractivity contribution < 1.29 is 4.79 Å². The molecule has 2 fully saturated rings. The Bertz CT molecular complexity index is 1430. The van der Waals surface area contributed by atoms with Gasteiger partial charge in [-0.2, -0.15) is 4.98 Å². The molecule has 170 valence electrons. The highest BCUT2D eigenvalue weighted by Crippen LogP contribution is 2.37. The van der Waals surface area contributed by atoms with Crippen molar-refractivity contribution in [3.63, 3.8) is 0 Å². The molecule has 2 aliphatic rings. The number of carbonyl (C=O) groups is 1. The van der Waals surface area contributed by atoms with Crippen molar-refractivity contribution in [1.29, 1.82) is 0 Å². The lowest BCUT2D eigenvalue weighted by Gasteiger charge is -2.31. The standard InChI is InChI=1S/C26H27BrN4O2/c27-20-7-4-8-22-24(20)25(33)28-26-30(18-5-2-1-3-6-18)23-15-19(9-10-21(23)31(22)26)29-13-11-17(16-32)12-14-29/h4,7-10,15-18H,1-3,5-6,11-14H2. The normalized spacial score (nSPS) is 18.5. The summed E-state index contributed by atoms with van der Waals surface area (Å²) >= 11 is 3.56. The molecule has 0 bridgehead atoms. The molecule has 3 heterocycles. The van der Waals surface area contributed by atoms with Crippen molar-refractivity contribution in [2.45, 2.75) is 51.0 Å². The third kappa shape index (κ3) is 3.39. The zero-order valence-corrected chi connectivity index (χ0v) is 20.1. The summed E-state index contributed by atoms with van der Waals surface area (Å²) < 4.78 is 5.27. The smallest absolute Gasteiger partial charge is 0.283 e. The van der Waals surface area contributed by atoms with Gasteiger partial charge in [0, 0.05) is 35.2 Å². The summed E-state index contributed by atoms with van der Waals surface area (Å²) in [5.74, 6) is 0.919. The molecule has 6 nitrogen and oxygen atoms in total. The second-order valence-corrected chi connectivity index (χ2v) is 10.3. The summed E-state index contributed by atoms with van der Waals surface area (Å²) in [4.78, 5) is 31.3. The first kappa shape index (κ1) is 20.9. The number of benzene rings is 2. The first-order valence-corrected chi connectivity index (χ1v) is 12.8. The monoisotopic (exact) mass is 506 g/mol. The SMILES string of the molecule is O=CC1CCN(c2ccc3c(c2)n(C2CCCCC2)c2nc(=O)c4c(Br)cccc4n32)CC1. The van der Waals surface area contributed by atoms with Gasteiger partial charge in [0.1, 0.15) is 6.29 Å². The van der Waals surface area contributed by atoms with Crippen LogP contribution < -0.4 is 10.5 Å². The molecule has 0 atom stereocenters. The number of piperidine rings is 1. The van der Waals surface area contributed by atoms with Crippen LogP contribution in [0.25, 0.3) is 27.7 Å². The summed E-state index contributed by atoms with van der Waals surface area (Å²) in [6.45, 7) is 1.79. The van der Waals surface area contributed by atoms with Gasteiger partial charge in [0.2, 0.25) is 5.78 Å². The Kier molecular flexibility index (Phi) is 5.24. The third-order valence-electron chi connectivity index (χ3n) is 7.56. The van der Waals surface area contributed by atoms with Gasteiger partial charge >= 0.3 is 0 Å². The van der Waals surface area contributed by atoms with Gasteiger partial charge in [0.25, 0.3) is 5.56 Å². The summed E-state index contributed by atoms with van der Waals surface area (Å²) in [5, 5.41) is 0.623. The van der Waals surface area contributed by atoms with Crippen molar-refractivity contribution in [3.8, 4) is 0 Å². The molecule has 0 spiro atoms. The van der Waals surface area contributed by atoms with Crippen LogP contribution in [0.1, 0.15) is 51.0 Å². The summed E-state index contributed by atoms with van der Waals surface area (Å²) in [7, 11) is 0. The highest BCUT2D eigenvalue weighted by Gasteiger charge is 2.25. The van der Waals surface area contributed by atoms with Gasteiger partial charge < -0.3 is 14.3 Å². The van der Waals surface area contributed by atoms with Crippen LogP contribution >= 0.6 is 15.9 Å². The van der Waals surface area contributed by atoms with Crippen LogP contribution in [-0.2, 0) is 4.79 Å². The van der Waals surface area contributed by atoms with E-state index in [4.69, 9.17) is 0 Å². The number of nitrogens with zero attached hydrogens (tertiary/aromatic N) is 4. The van der Waals surface area contributed by atoms with Gasteiger partial charge in [-0.3, -0.25) is 9.20 Å². The topological polar surface area (TPSA) is 59.6 Å². The molecule has 0 amide bonds. The number of rotatable bonds is 3. The van der Waals surface area contributed by atoms with E-state index in [9.17, 15) is 9.59 Å². The maximum Gasteiger partial charge on any atom is 0.283 e. The molecule has 2 aromatic heterocycles. The van der Waals surface area contributed by atoms with Crippen LogP contribution in [0.4, 0.5) is 5.69 Å². The van der Waals surface area contributed by atoms with E-state index in [-0.39, 0.29) is 11.5 Å². The number of hydrogen-bond donors (Lipinski definition) is 0. The molecular formula is C26H27BrN4O2. The number of imidazole rings is 1. The molecule has 1 aliphatic carbocycles. The quantitative estimate of drug-likeness (QED) is 0.345. The third-order valence-corrected chi connectivity index (χ3v) is 8.22. The molecule has 0 unspecified atom stereocenters. The number of carbonyl (C=O) groups excluding carboxylic acids is 1. The average Bonchev–Trinajstić information content (AvgIpc) is 3.18. The van der Waals surface area contributed by atoms with Gasteiger partial charge in [-0.05, 0) is 71.9 Å². The zero-order chi connectivity index (χ0) is 22.5. The van der Waals surface area contributed by atoms with Gasteiger partial charge in [0.15, 0.2) is 0 Å². The van der Waals surface area contributed by atoms with E-state index in [1.807, 2.05) is 18.2 Å². The molecular weight excluding hydrogens is 480 g/mol. The van der Waals surface area contributed by atoms with Crippen LogP contribution in [0.3, 0.4) is 0 Å². The van der Waals surface area contributed by atoms with Crippen LogP contribution in [-0.4, -0.2) is 33.3 Å². The van der Waals surface area contributed by atoms with Crippen molar-refractivity contribution in [2.75, 3.05) is 18.0 Å². The largest absolute Gasteiger partial charge is 0.371 e. The molecule has 0 radical (unpaired) electrons. The predicted octanol–water partition coefficient (Wildman–Crippen LogP) is 5.49. The summed E-state index contributed by atoms with van der Waals surface area (Å²) in [6, 6.07) is 12.9. The number of aldehydes is 1. The number of anilines is 1. The van der Waals surface area contributed by atoms with E-state index in [1.54, 1.807) is 0 Å². The highest BCUT2D eigenvalue weighted by atomic mass is 79.9. The van der Waals surface area contributed by atoms with E-state index in [2.05, 4.69) is 53.0 Å². The van der Waals surface area contributed by atoms with Crippen molar-refractivity contribution in [1.82, 2.24) is 14.0 Å². The maximum absolute atomic E-state index is 13.1. The van der Waals surface area contributed by atoms with Crippen LogP contribution in [0.2, 0.25) is 0 Å². The first-order chi connectivity index (χ1) is 16.2. The Hall–Kier alpha value is -2.67. The van der Waals surface area contributed by atoms with Gasteiger partial charge in [-0.25, -0.2) is 0 Å². The van der Waals surface area contributed by atoms with E-state index >= 15 is 0 Å². The van der Waals surface area contributed by atoms with E-state index in [0.717, 1.165) is 71.9 Å². The fraction of sp³-hybridized carbons (Fsp3) is 0.423. The lowest BCUT2D eigenvalue weighted by molar-refractivity contribution is -0.111. The van der Waals surface area contributed by atoms with Gasteiger partial charge in [-0.15, -0.1) is 0 Å². The van der Waals surface area contributed by atoms with Crippen molar-refractivity contribution >= 4 is 55.6 Å². The number of hydrogen-bond acceptors (Lipinski definition) is 4. The fourth-order valence-corrected chi connectivity index (χ4v) is 6.33. The number of fused-ring (bicyclic) bond motifs is 5. The second kappa shape index (κ2) is 8.28. The number of halogens is 1. The minimum absolute atomic E-state index is 0.179. The lowest BCUT2D eigenvalue weighted by Crippen LogP contribution is -2.34. The minimum Gasteiger partial charge on any atom is -0.371 e. The zero-order valence-electron chi connectivity index (χ0n) is 18.5. The molecule has 2 aromatic carbocycles. The van der Waals surface area contributed by atoms with E-state index in [0.29, 0.717) is 11.4 Å². The highest BCUT2D eigenvalue weighted by molar-refractivity contribution is 9.10. The van der Waals surface area contributed by atoms with Crippen LogP contribution in [0.5, 0.6) is 0 Å². The molecule has 7 heteroatoms. The van der Waals surface area contributed by atoms with E-state index < -0.39 is 0 Å². The molecule has 1 aliphatic heterocycles. The minimum atomic E-state index is -0.187. The lowest BCUT2D eigenvalue weighted by atomic mass is 9.95. The Morgan fingerprint density at radius 2 is 1.73 bits per heavy atom. The molecule has 6 rings (SSSR count). The number of aromatic nitrogens is 3. The Morgan fingerprint density at radius 1 is 0.939 bits per heavy atom. The molecule has 0 N–H and O–H groups in total. The summed E-state index contributed by atoms with van der Waals surface area (Å²) in [6.07, 6.45) is 8.82. The van der Waals surface area contributed by atoms with Crippen molar-refractivity contribution in [3.05, 3.63) is 51.2 Å². The van der Waals surface area contributed by atoms with E-state index in [1.165, 1.54) is 24.9 Å². The van der Waals surface area contributed by atoms with Crippen LogP contribution in [0, 0.1) is 5.92 Å². The predicted molar refractivity (Wildman–Crippen MR) is 135 cm³/mol. The van der Waals surface area contributed by atoms with Gasteiger partial charge in [0.05, 0.1) is 21.9 Å². The van der Waals surface area contributed by atoms with Gasteiger partial charge in [-0.1, -0.05) is 25.3 Å². The average molecular weight is 507 g/mol. The molecule has 1 saturated carbocycles. The Labute approximate surface area is 200 Å². The Balaban J connectivity index is 1.61. The fourth-order valence-electron chi connectivity index (χ4n) is 5.81.